The highest BCUT2D eigenvalue weighted by Gasteiger charge is 2.36. The average molecular weight is 273 g/mol. The normalized spacial score (nSPS) is 24.7. The van der Waals surface area contributed by atoms with E-state index in [1.807, 2.05) is 18.8 Å². The third kappa shape index (κ3) is 2.85. The van der Waals surface area contributed by atoms with Gasteiger partial charge in [0, 0.05) is 13.1 Å². The quantitative estimate of drug-likeness (QED) is 0.846. The second kappa shape index (κ2) is 5.57. The number of likely N-dealkylation sites (N-methyl/N-ethyl adjacent to an activating group) is 1. The van der Waals surface area contributed by atoms with Crippen molar-refractivity contribution in [3.8, 4) is 0 Å². The van der Waals surface area contributed by atoms with Crippen LogP contribution in [0, 0.1) is 0 Å². The first kappa shape index (κ1) is 13.8. The number of nitrogens with one attached hydrogen (secondary N) is 1. The van der Waals surface area contributed by atoms with E-state index in [0.29, 0.717) is 11.6 Å². The summed E-state index contributed by atoms with van der Waals surface area (Å²) in [6.45, 7) is 3.10. The van der Waals surface area contributed by atoms with Crippen LogP contribution in [0.1, 0.15) is 18.5 Å². The zero-order valence-electron chi connectivity index (χ0n) is 11.0. The summed E-state index contributed by atoms with van der Waals surface area (Å²) in [4.78, 5) is 2.09. The molecule has 0 spiro atoms. The number of β-amino-alcohol motifs (C(OH)–C–C–N with tert-alkyl or cyclic N) is 1. The van der Waals surface area contributed by atoms with Crippen LogP contribution in [0.25, 0.3) is 0 Å². The number of hydrogen-bond donors (Lipinski definition) is 2. The molecule has 18 heavy (non-hydrogen) atoms. The molecule has 0 bridgehead atoms. The fourth-order valence-electron chi connectivity index (χ4n) is 2.38. The van der Waals surface area contributed by atoms with Gasteiger partial charge in [0.1, 0.15) is 5.60 Å². The molecule has 0 aliphatic carbocycles. The summed E-state index contributed by atoms with van der Waals surface area (Å²) in [7, 11) is 4.03. The molecule has 5 nitrogen and oxygen atoms in total. The monoisotopic (exact) mass is 272 g/mol. The van der Waals surface area contributed by atoms with Gasteiger partial charge in [-0.05, 0) is 33.5 Å². The Morgan fingerprint density at radius 2 is 2.39 bits per heavy atom. The molecule has 1 aromatic heterocycles. The van der Waals surface area contributed by atoms with Crippen LogP contribution in [0.2, 0.25) is 5.02 Å². The van der Waals surface area contributed by atoms with Crippen molar-refractivity contribution >= 4 is 11.6 Å². The maximum absolute atomic E-state index is 10.7. The summed E-state index contributed by atoms with van der Waals surface area (Å²) in [5.41, 5.74) is -0.142. The molecule has 2 N–H and O–H groups in total. The van der Waals surface area contributed by atoms with Crippen LogP contribution < -0.4 is 5.32 Å². The Balaban J connectivity index is 2.22. The Morgan fingerprint density at radius 3 is 3.00 bits per heavy atom. The molecule has 2 heterocycles. The molecule has 1 aromatic rings. The SMILES string of the molecule is CN(C)CCn1ncc(Cl)c1C1(O)CCCNC1. The minimum absolute atomic E-state index is 0.542. The smallest absolute Gasteiger partial charge is 0.120 e. The van der Waals surface area contributed by atoms with Gasteiger partial charge in [0.2, 0.25) is 0 Å². The molecule has 1 fully saturated rings. The Bertz CT molecular complexity index is 399. The van der Waals surface area contributed by atoms with Crippen LogP contribution in [-0.2, 0) is 12.1 Å². The van der Waals surface area contributed by atoms with Crippen molar-refractivity contribution < 1.29 is 5.11 Å². The molecule has 6 heteroatoms. The molecule has 1 aliphatic rings. The lowest BCUT2D eigenvalue weighted by atomic mass is 9.90. The minimum Gasteiger partial charge on any atom is -0.382 e. The third-order valence-electron chi connectivity index (χ3n) is 3.36. The molecule has 0 aromatic carbocycles. The summed E-state index contributed by atoms with van der Waals surface area (Å²) in [6, 6.07) is 0. The topological polar surface area (TPSA) is 53.3 Å². The number of rotatable bonds is 4. The lowest BCUT2D eigenvalue weighted by molar-refractivity contribution is 0.00377. The summed E-state index contributed by atoms with van der Waals surface area (Å²) >= 11 is 6.20. The highest BCUT2D eigenvalue weighted by Crippen LogP contribution is 2.33. The van der Waals surface area contributed by atoms with Gasteiger partial charge in [-0.25, -0.2) is 0 Å². The molecule has 0 amide bonds. The summed E-state index contributed by atoms with van der Waals surface area (Å²) in [6.07, 6.45) is 3.30. The maximum atomic E-state index is 10.7. The van der Waals surface area contributed by atoms with Crippen LogP contribution in [0.5, 0.6) is 0 Å². The van der Waals surface area contributed by atoms with Crippen LogP contribution in [0.4, 0.5) is 0 Å². The molecule has 102 valence electrons. The first-order chi connectivity index (χ1) is 8.53. The highest BCUT2D eigenvalue weighted by molar-refractivity contribution is 6.31. The summed E-state index contributed by atoms with van der Waals surface area (Å²) in [5.74, 6) is 0. The number of nitrogens with zero attached hydrogens (tertiary/aromatic N) is 3. The molecule has 2 rings (SSSR count). The molecular weight excluding hydrogens is 252 g/mol. The maximum Gasteiger partial charge on any atom is 0.120 e. The average Bonchev–Trinajstić information content (AvgIpc) is 2.69. The predicted octanol–water partition coefficient (Wildman–Crippen LogP) is 0.669. The van der Waals surface area contributed by atoms with Crippen LogP contribution in [0.15, 0.2) is 6.20 Å². The van der Waals surface area contributed by atoms with E-state index in [1.54, 1.807) is 6.20 Å². The predicted molar refractivity (Wildman–Crippen MR) is 71.8 cm³/mol. The Morgan fingerprint density at radius 1 is 1.61 bits per heavy atom. The van der Waals surface area contributed by atoms with Gasteiger partial charge in [0.05, 0.1) is 23.5 Å². The van der Waals surface area contributed by atoms with E-state index in [0.717, 1.165) is 38.2 Å². The Labute approximate surface area is 113 Å². The van der Waals surface area contributed by atoms with Crippen molar-refractivity contribution in [2.24, 2.45) is 0 Å². The number of aliphatic hydroxyl groups is 1. The van der Waals surface area contributed by atoms with Crippen LogP contribution >= 0.6 is 11.6 Å². The fraction of sp³-hybridized carbons (Fsp3) is 0.750. The molecule has 0 saturated carbocycles. The van der Waals surface area contributed by atoms with E-state index >= 15 is 0 Å². The Hall–Kier alpha value is -0.620. The lowest BCUT2D eigenvalue weighted by Crippen LogP contribution is -2.45. The van der Waals surface area contributed by atoms with Crippen molar-refractivity contribution in [3.63, 3.8) is 0 Å². The van der Waals surface area contributed by atoms with Gasteiger partial charge in [-0.3, -0.25) is 4.68 Å². The van der Waals surface area contributed by atoms with Crippen molar-refractivity contribution in [2.45, 2.75) is 25.0 Å². The van der Waals surface area contributed by atoms with Crippen LogP contribution in [0.3, 0.4) is 0 Å². The second-order valence-electron chi connectivity index (χ2n) is 5.18. The Kier molecular flexibility index (Phi) is 4.27. The first-order valence-corrected chi connectivity index (χ1v) is 6.70. The van der Waals surface area contributed by atoms with Crippen molar-refractivity contribution in [3.05, 3.63) is 16.9 Å². The molecule has 1 unspecified atom stereocenters. The molecular formula is C12H21ClN4O. The van der Waals surface area contributed by atoms with E-state index in [4.69, 9.17) is 11.6 Å². The zero-order valence-corrected chi connectivity index (χ0v) is 11.7. The molecule has 1 atom stereocenters. The second-order valence-corrected chi connectivity index (χ2v) is 5.59. The fourth-order valence-corrected chi connectivity index (χ4v) is 2.70. The van der Waals surface area contributed by atoms with Gasteiger partial charge in [0.15, 0.2) is 0 Å². The standard InChI is InChI=1S/C12H21ClN4O/c1-16(2)6-7-17-11(10(13)8-15-17)12(18)4-3-5-14-9-12/h8,14,18H,3-7,9H2,1-2H3. The highest BCUT2D eigenvalue weighted by atomic mass is 35.5. The number of halogens is 1. The molecule has 1 aliphatic heterocycles. The summed E-state index contributed by atoms with van der Waals surface area (Å²) < 4.78 is 1.83. The van der Waals surface area contributed by atoms with E-state index < -0.39 is 5.60 Å². The van der Waals surface area contributed by atoms with Crippen molar-refractivity contribution in [2.75, 3.05) is 33.7 Å². The number of aromatic nitrogens is 2. The minimum atomic E-state index is -0.891. The molecule has 1 saturated heterocycles. The van der Waals surface area contributed by atoms with Gasteiger partial charge >= 0.3 is 0 Å². The van der Waals surface area contributed by atoms with Crippen LogP contribution in [-0.4, -0.2) is 53.5 Å². The van der Waals surface area contributed by atoms with Crippen molar-refractivity contribution in [1.29, 1.82) is 0 Å². The van der Waals surface area contributed by atoms with E-state index in [9.17, 15) is 5.11 Å². The number of piperidine rings is 1. The van der Waals surface area contributed by atoms with Gasteiger partial charge < -0.3 is 15.3 Å². The largest absolute Gasteiger partial charge is 0.382 e. The van der Waals surface area contributed by atoms with E-state index in [-0.39, 0.29) is 0 Å². The number of hydrogen-bond acceptors (Lipinski definition) is 4. The zero-order chi connectivity index (χ0) is 13.2. The van der Waals surface area contributed by atoms with Gasteiger partial charge in [0.25, 0.3) is 0 Å². The first-order valence-electron chi connectivity index (χ1n) is 6.32. The lowest BCUT2D eigenvalue weighted by Gasteiger charge is -2.33. The molecule has 0 radical (unpaired) electrons. The van der Waals surface area contributed by atoms with Gasteiger partial charge in [-0.15, -0.1) is 0 Å². The van der Waals surface area contributed by atoms with E-state index in [1.165, 1.54) is 0 Å². The van der Waals surface area contributed by atoms with E-state index in [2.05, 4.69) is 15.3 Å². The van der Waals surface area contributed by atoms with Crippen molar-refractivity contribution in [1.82, 2.24) is 20.0 Å². The summed E-state index contributed by atoms with van der Waals surface area (Å²) in [5, 5.41) is 18.8. The third-order valence-corrected chi connectivity index (χ3v) is 3.63. The van der Waals surface area contributed by atoms with Gasteiger partial charge in [-0.2, -0.15) is 5.10 Å². The van der Waals surface area contributed by atoms with Gasteiger partial charge in [-0.1, -0.05) is 11.6 Å².